The van der Waals surface area contributed by atoms with Crippen molar-refractivity contribution in [3.63, 3.8) is 0 Å². The summed E-state index contributed by atoms with van der Waals surface area (Å²) in [5.41, 5.74) is 0.637. The summed E-state index contributed by atoms with van der Waals surface area (Å²) in [6, 6.07) is 7.30. The molecule has 0 saturated carbocycles. The molecule has 2 aliphatic rings. The summed E-state index contributed by atoms with van der Waals surface area (Å²) in [7, 11) is -3.49. The van der Waals surface area contributed by atoms with Gasteiger partial charge in [0.15, 0.2) is 0 Å². The van der Waals surface area contributed by atoms with Gasteiger partial charge in [-0.05, 0) is 67.4 Å². The topological polar surface area (TPSA) is 84.2 Å². The number of rotatable bonds is 4. The SMILES string of the molecule is O=S(=O)(c1cccc(-n2cnnn2)c1)N1CCC(N2CCCC2)CC1. The Morgan fingerprint density at radius 3 is 2.48 bits per heavy atom. The van der Waals surface area contributed by atoms with Crippen LogP contribution in [0.4, 0.5) is 0 Å². The first-order valence-electron chi connectivity index (χ1n) is 8.72. The highest BCUT2D eigenvalue weighted by Crippen LogP contribution is 2.26. The van der Waals surface area contributed by atoms with Crippen LogP contribution in [0.5, 0.6) is 0 Å². The maximum absolute atomic E-state index is 13.0. The summed E-state index contributed by atoms with van der Waals surface area (Å²) >= 11 is 0. The predicted octanol–water partition coefficient (Wildman–Crippen LogP) is 0.911. The minimum atomic E-state index is -3.49. The lowest BCUT2D eigenvalue weighted by atomic mass is 10.1. The predicted molar refractivity (Wildman–Crippen MR) is 91.7 cm³/mol. The van der Waals surface area contributed by atoms with Crippen LogP contribution in [-0.4, -0.2) is 70.1 Å². The van der Waals surface area contributed by atoms with Crippen LogP contribution < -0.4 is 0 Å². The molecule has 0 atom stereocenters. The van der Waals surface area contributed by atoms with Gasteiger partial charge < -0.3 is 4.90 Å². The van der Waals surface area contributed by atoms with Crippen LogP contribution in [0.25, 0.3) is 5.69 Å². The Hall–Kier alpha value is -1.84. The van der Waals surface area contributed by atoms with E-state index in [9.17, 15) is 8.42 Å². The van der Waals surface area contributed by atoms with Crippen molar-refractivity contribution in [2.45, 2.75) is 36.6 Å². The normalized spacial score (nSPS) is 21.0. The largest absolute Gasteiger partial charge is 0.300 e. The number of nitrogens with zero attached hydrogens (tertiary/aromatic N) is 6. The number of aromatic nitrogens is 4. The van der Waals surface area contributed by atoms with Crippen molar-refractivity contribution in [3.8, 4) is 5.69 Å². The highest BCUT2D eigenvalue weighted by Gasteiger charge is 2.32. The van der Waals surface area contributed by atoms with Crippen molar-refractivity contribution in [1.82, 2.24) is 29.4 Å². The molecule has 2 aromatic rings. The Morgan fingerprint density at radius 2 is 1.80 bits per heavy atom. The van der Waals surface area contributed by atoms with E-state index in [0.717, 1.165) is 25.9 Å². The van der Waals surface area contributed by atoms with Gasteiger partial charge in [-0.15, -0.1) is 5.10 Å². The van der Waals surface area contributed by atoms with Gasteiger partial charge in [0, 0.05) is 19.1 Å². The molecular weight excluding hydrogens is 340 g/mol. The van der Waals surface area contributed by atoms with Crippen molar-refractivity contribution in [2.75, 3.05) is 26.2 Å². The van der Waals surface area contributed by atoms with E-state index in [2.05, 4.69) is 20.4 Å². The number of piperidine rings is 1. The number of hydrogen-bond donors (Lipinski definition) is 0. The van der Waals surface area contributed by atoms with Gasteiger partial charge in [0.2, 0.25) is 10.0 Å². The fourth-order valence-corrected chi connectivity index (χ4v) is 5.28. The van der Waals surface area contributed by atoms with E-state index in [1.807, 2.05) is 0 Å². The third-order valence-corrected chi connectivity index (χ3v) is 7.04. The van der Waals surface area contributed by atoms with Gasteiger partial charge in [0.05, 0.1) is 10.6 Å². The fourth-order valence-electron chi connectivity index (χ4n) is 3.77. The average Bonchev–Trinajstić information content (AvgIpc) is 3.36. The minimum Gasteiger partial charge on any atom is -0.300 e. The minimum absolute atomic E-state index is 0.292. The summed E-state index contributed by atoms with van der Waals surface area (Å²) in [5, 5.41) is 11.0. The van der Waals surface area contributed by atoms with Crippen molar-refractivity contribution >= 4 is 10.0 Å². The molecule has 9 heteroatoms. The zero-order valence-corrected chi connectivity index (χ0v) is 14.8. The van der Waals surface area contributed by atoms with Crippen molar-refractivity contribution in [2.24, 2.45) is 0 Å². The zero-order valence-electron chi connectivity index (χ0n) is 14.0. The molecule has 3 heterocycles. The van der Waals surface area contributed by atoms with Crippen LogP contribution in [0, 0.1) is 0 Å². The highest BCUT2D eigenvalue weighted by molar-refractivity contribution is 7.89. The number of benzene rings is 1. The lowest BCUT2D eigenvalue weighted by Gasteiger charge is -2.36. The lowest BCUT2D eigenvalue weighted by molar-refractivity contribution is 0.168. The quantitative estimate of drug-likeness (QED) is 0.804. The fraction of sp³-hybridized carbons (Fsp3) is 0.562. The van der Waals surface area contributed by atoms with E-state index >= 15 is 0 Å². The lowest BCUT2D eigenvalue weighted by Crippen LogP contribution is -2.45. The van der Waals surface area contributed by atoms with Gasteiger partial charge in [-0.2, -0.15) is 4.31 Å². The van der Waals surface area contributed by atoms with Crippen LogP contribution in [0.2, 0.25) is 0 Å². The standard InChI is InChI=1S/C16H22N6O2S/c23-25(24,16-5-3-4-15(12-16)22-13-17-18-19-22)21-10-6-14(7-11-21)20-8-1-2-9-20/h3-5,12-14H,1-2,6-11H2. The second-order valence-electron chi connectivity index (χ2n) is 6.63. The first kappa shape index (κ1) is 16.6. The first-order valence-corrected chi connectivity index (χ1v) is 10.2. The van der Waals surface area contributed by atoms with E-state index in [0.29, 0.717) is 29.7 Å². The number of likely N-dealkylation sites (tertiary alicyclic amines) is 1. The first-order chi connectivity index (χ1) is 12.1. The number of tetrazole rings is 1. The van der Waals surface area contributed by atoms with Crippen molar-refractivity contribution in [3.05, 3.63) is 30.6 Å². The van der Waals surface area contributed by atoms with Gasteiger partial charge in [0.1, 0.15) is 6.33 Å². The molecule has 2 aliphatic heterocycles. The molecule has 1 aromatic heterocycles. The maximum Gasteiger partial charge on any atom is 0.243 e. The summed E-state index contributed by atoms with van der Waals surface area (Å²) in [5.74, 6) is 0. The summed E-state index contributed by atoms with van der Waals surface area (Å²) < 4.78 is 29.0. The molecule has 0 spiro atoms. The highest BCUT2D eigenvalue weighted by atomic mass is 32.2. The van der Waals surface area contributed by atoms with Crippen LogP contribution in [0.1, 0.15) is 25.7 Å². The second kappa shape index (κ2) is 6.81. The molecule has 1 aromatic carbocycles. The van der Waals surface area contributed by atoms with E-state index in [1.54, 1.807) is 28.6 Å². The van der Waals surface area contributed by atoms with Gasteiger partial charge in [-0.3, -0.25) is 0 Å². The average molecular weight is 362 g/mol. The molecule has 0 amide bonds. The third kappa shape index (κ3) is 3.31. The zero-order chi connectivity index (χ0) is 17.3. The molecule has 8 nitrogen and oxygen atoms in total. The van der Waals surface area contributed by atoms with Crippen LogP contribution in [-0.2, 0) is 10.0 Å². The summed E-state index contributed by atoms with van der Waals surface area (Å²) in [6.45, 7) is 3.48. The molecule has 0 bridgehead atoms. The van der Waals surface area contributed by atoms with Crippen LogP contribution in [0.3, 0.4) is 0 Å². The molecule has 0 radical (unpaired) electrons. The Kier molecular flexibility index (Phi) is 4.53. The smallest absolute Gasteiger partial charge is 0.243 e. The maximum atomic E-state index is 13.0. The Bertz CT molecular complexity index is 809. The molecule has 0 N–H and O–H groups in total. The number of hydrogen-bond acceptors (Lipinski definition) is 6. The molecular formula is C16H22N6O2S. The monoisotopic (exact) mass is 362 g/mol. The second-order valence-corrected chi connectivity index (χ2v) is 8.57. The van der Waals surface area contributed by atoms with Gasteiger partial charge in [-0.1, -0.05) is 6.07 Å². The van der Waals surface area contributed by atoms with E-state index in [-0.39, 0.29) is 0 Å². The molecule has 2 fully saturated rings. The molecule has 25 heavy (non-hydrogen) atoms. The van der Waals surface area contributed by atoms with Crippen molar-refractivity contribution in [1.29, 1.82) is 0 Å². The molecule has 4 rings (SSSR count). The Balaban J connectivity index is 1.49. The van der Waals surface area contributed by atoms with E-state index in [4.69, 9.17) is 0 Å². The van der Waals surface area contributed by atoms with Gasteiger partial charge in [-0.25, -0.2) is 13.1 Å². The van der Waals surface area contributed by atoms with Crippen LogP contribution in [0.15, 0.2) is 35.5 Å². The third-order valence-electron chi connectivity index (χ3n) is 5.15. The molecule has 2 saturated heterocycles. The van der Waals surface area contributed by atoms with Gasteiger partial charge >= 0.3 is 0 Å². The summed E-state index contributed by atoms with van der Waals surface area (Å²) in [6.07, 6.45) is 5.80. The Labute approximate surface area is 147 Å². The molecule has 134 valence electrons. The van der Waals surface area contributed by atoms with Gasteiger partial charge in [0.25, 0.3) is 0 Å². The summed E-state index contributed by atoms with van der Waals surface area (Å²) in [4.78, 5) is 2.81. The van der Waals surface area contributed by atoms with E-state index < -0.39 is 10.0 Å². The van der Waals surface area contributed by atoms with E-state index in [1.165, 1.54) is 23.9 Å². The molecule has 0 unspecified atom stereocenters. The molecule has 0 aliphatic carbocycles. The van der Waals surface area contributed by atoms with Crippen molar-refractivity contribution < 1.29 is 8.42 Å². The van der Waals surface area contributed by atoms with Crippen LogP contribution >= 0.6 is 0 Å². The number of sulfonamides is 1. The Morgan fingerprint density at radius 1 is 1.04 bits per heavy atom.